The Balaban J connectivity index is 3.41. The van der Waals surface area contributed by atoms with Crippen LogP contribution in [0.25, 0.3) is 0 Å². The molecule has 0 aliphatic rings. The van der Waals surface area contributed by atoms with Gasteiger partial charge in [0.2, 0.25) is 0 Å². The van der Waals surface area contributed by atoms with Gasteiger partial charge in [0.25, 0.3) is 6.43 Å². The summed E-state index contributed by atoms with van der Waals surface area (Å²) in [7, 11) is 0. The Kier molecular flexibility index (Phi) is 2.52. The molecule has 0 aliphatic carbocycles. The largest absolute Gasteiger partial charge is 0.265 e. The first-order chi connectivity index (χ1) is 6.06. The van der Waals surface area contributed by atoms with Crippen LogP contribution in [0.4, 0.5) is 17.6 Å². The molecule has 1 aromatic rings. The lowest BCUT2D eigenvalue weighted by Gasteiger charge is -2.02. The summed E-state index contributed by atoms with van der Waals surface area (Å²) in [6.45, 7) is 0. The van der Waals surface area contributed by atoms with Gasteiger partial charge in [0.05, 0.1) is 5.56 Å². The van der Waals surface area contributed by atoms with Crippen LogP contribution in [-0.2, 0) is 0 Å². The van der Waals surface area contributed by atoms with Crippen molar-refractivity contribution in [3.8, 4) is 6.07 Å². The first-order valence-corrected chi connectivity index (χ1v) is 3.23. The van der Waals surface area contributed by atoms with E-state index in [-0.39, 0.29) is 0 Å². The third-order valence-corrected chi connectivity index (χ3v) is 1.43. The van der Waals surface area contributed by atoms with E-state index in [1.165, 1.54) is 6.07 Å². The van der Waals surface area contributed by atoms with Crippen molar-refractivity contribution in [1.29, 1.82) is 5.26 Å². The highest BCUT2D eigenvalue weighted by Crippen LogP contribution is 2.25. The van der Waals surface area contributed by atoms with Gasteiger partial charge in [-0.2, -0.15) is 5.26 Å². The predicted molar refractivity (Wildman–Crippen MR) is 36.0 cm³/mol. The molecule has 0 heterocycles. The quantitative estimate of drug-likeness (QED) is 0.623. The Morgan fingerprint density at radius 3 is 2.31 bits per heavy atom. The van der Waals surface area contributed by atoms with Gasteiger partial charge in [-0.25, -0.2) is 17.6 Å². The first-order valence-electron chi connectivity index (χ1n) is 3.23. The summed E-state index contributed by atoms with van der Waals surface area (Å²) in [5, 5.41) is 8.29. The molecule has 1 nitrogen and oxygen atoms in total. The normalized spacial score (nSPS) is 10.2. The van der Waals surface area contributed by atoms with E-state index in [0.29, 0.717) is 12.1 Å². The standard InChI is InChI=1S/C8H3F4N/c9-4-1-5(8(11)12)6(3-13)7(10)2-4/h1-2,8H. The minimum atomic E-state index is -3.06. The lowest BCUT2D eigenvalue weighted by Crippen LogP contribution is -1.96. The molecule has 0 amide bonds. The van der Waals surface area contributed by atoms with Crippen LogP contribution in [0.15, 0.2) is 12.1 Å². The van der Waals surface area contributed by atoms with Crippen LogP contribution in [0.1, 0.15) is 17.6 Å². The zero-order valence-corrected chi connectivity index (χ0v) is 6.19. The fraction of sp³-hybridized carbons (Fsp3) is 0.125. The van der Waals surface area contributed by atoms with E-state index in [0.717, 1.165) is 0 Å². The number of nitriles is 1. The Bertz CT molecular complexity index is 367. The molecule has 0 unspecified atom stereocenters. The van der Waals surface area contributed by atoms with Crippen molar-refractivity contribution >= 4 is 0 Å². The van der Waals surface area contributed by atoms with E-state index < -0.39 is 29.2 Å². The minimum absolute atomic E-state index is 0.393. The fourth-order valence-electron chi connectivity index (χ4n) is 0.884. The topological polar surface area (TPSA) is 23.8 Å². The SMILES string of the molecule is N#Cc1c(F)cc(F)cc1C(F)F. The highest BCUT2D eigenvalue weighted by molar-refractivity contribution is 5.39. The first kappa shape index (κ1) is 9.52. The Hall–Kier alpha value is -1.57. The molecule has 0 bridgehead atoms. The molecule has 0 atom stereocenters. The van der Waals surface area contributed by atoms with Gasteiger partial charge in [0.1, 0.15) is 17.7 Å². The number of hydrogen-bond acceptors (Lipinski definition) is 1. The molecule has 1 aromatic carbocycles. The van der Waals surface area contributed by atoms with Crippen LogP contribution in [0.3, 0.4) is 0 Å². The second-order valence-electron chi connectivity index (χ2n) is 2.26. The molecule has 0 saturated heterocycles. The number of nitrogens with zero attached hydrogens (tertiary/aromatic N) is 1. The van der Waals surface area contributed by atoms with Crippen LogP contribution < -0.4 is 0 Å². The van der Waals surface area contributed by atoms with Crippen LogP contribution in [0.2, 0.25) is 0 Å². The zero-order chi connectivity index (χ0) is 10.0. The van der Waals surface area contributed by atoms with E-state index in [1.54, 1.807) is 0 Å². The van der Waals surface area contributed by atoms with E-state index in [2.05, 4.69) is 0 Å². The van der Waals surface area contributed by atoms with Crippen LogP contribution in [0.5, 0.6) is 0 Å². The molecule has 1 rings (SSSR count). The van der Waals surface area contributed by atoms with Gasteiger partial charge in [-0.05, 0) is 6.07 Å². The van der Waals surface area contributed by atoms with Crippen molar-refractivity contribution in [3.05, 3.63) is 34.9 Å². The number of alkyl halides is 2. The molecule has 13 heavy (non-hydrogen) atoms. The van der Waals surface area contributed by atoms with Crippen LogP contribution >= 0.6 is 0 Å². The molecule has 68 valence electrons. The third-order valence-electron chi connectivity index (χ3n) is 1.43. The molecule has 0 aliphatic heterocycles. The smallest absolute Gasteiger partial charge is 0.207 e. The third kappa shape index (κ3) is 1.78. The molecular weight excluding hydrogens is 186 g/mol. The lowest BCUT2D eigenvalue weighted by atomic mass is 10.1. The summed E-state index contributed by atoms with van der Waals surface area (Å²) in [5.41, 5.74) is -1.73. The zero-order valence-electron chi connectivity index (χ0n) is 6.19. The Labute approximate surface area is 71.2 Å². The van der Waals surface area contributed by atoms with Crippen molar-refractivity contribution in [2.24, 2.45) is 0 Å². The maximum absolute atomic E-state index is 12.7. The number of benzene rings is 1. The number of rotatable bonds is 1. The van der Waals surface area contributed by atoms with Crippen LogP contribution in [-0.4, -0.2) is 0 Å². The highest BCUT2D eigenvalue weighted by Gasteiger charge is 2.18. The molecule has 0 N–H and O–H groups in total. The summed E-state index contributed by atoms with van der Waals surface area (Å²) < 4.78 is 49.3. The lowest BCUT2D eigenvalue weighted by molar-refractivity contribution is 0.150. The Morgan fingerprint density at radius 1 is 1.23 bits per heavy atom. The molecule has 0 aromatic heterocycles. The minimum Gasteiger partial charge on any atom is -0.207 e. The molecular formula is C8H3F4N. The van der Waals surface area contributed by atoms with Crippen molar-refractivity contribution in [2.75, 3.05) is 0 Å². The van der Waals surface area contributed by atoms with Crippen molar-refractivity contribution in [1.82, 2.24) is 0 Å². The Morgan fingerprint density at radius 2 is 1.85 bits per heavy atom. The highest BCUT2D eigenvalue weighted by atomic mass is 19.3. The fourth-order valence-corrected chi connectivity index (χ4v) is 0.884. The monoisotopic (exact) mass is 189 g/mol. The van der Waals surface area contributed by atoms with Gasteiger partial charge in [0, 0.05) is 11.6 Å². The summed E-state index contributed by atoms with van der Waals surface area (Å²) in [6, 6.07) is 2.09. The second-order valence-corrected chi connectivity index (χ2v) is 2.26. The van der Waals surface area contributed by atoms with Crippen LogP contribution in [0, 0.1) is 23.0 Å². The van der Waals surface area contributed by atoms with Gasteiger partial charge in [-0.15, -0.1) is 0 Å². The maximum atomic E-state index is 12.7. The van der Waals surface area contributed by atoms with Gasteiger partial charge in [-0.3, -0.25) is 0 Å². The van der Waals surface area contributed by atoms with E-state index in [9.17, 15) is 17.6 Å². The van der Waals surface area contributed by atoms with Gasteiger partial charge < -0.3 is 0 Å². The molecule has 0 saturated carbocycles. The van der Waals surface area contributed by atoms with Gasteiger partial charge >= 0.3 is 0 Å². The van der Waals surface area contributed by atoms with E-state index >= 15 is 0 Å². The second kappa shape index (κ2) is 3.44. The average molecular weight is 189 g/mol. The molecule has 5 heteroatoms. The van der Waals surface area contributed by atoms with Gasteiger partial charge in [-0.1, -0.05) is 0 Å². The van der Waals surface area contributed by atoms with Crippen molar-refractivity contribution in [3.63, 3.8) is 0 Å². The molecule has 0 fully saturated rings. The summed E-state index contributed by atoms with van der Waals surface area (Å²) in [6.07, 6.45) is -3.06. The summed E-state index contributed by atoms with van der Waals surface area (Å²) in [4.78, 5) is 0. The summed E-state index contributed by atoms with van der Waals surface area (Å²) in [5.74, 6) is -2.38. The molecule has 0 radical (unpaired) electrons. The molecule has 0 spiro atoms. The van der Waals surface area contributed by atoms with Crippen molar-refractivity contribution in [2.45, 2.75) is 6.43 Å². The summed E-state index contributed by atoms with van der Waals surface area (Å²) >= 11 is 0. The van der Waals surface area contributed by atoms with E-state index in [1.807, 2.05) is 0 Å². The van der Waals surface area contributed by atoms with Gasteiger partial charge in [0.15, 0.2) is 0 Å². The predicted octanol–water partition coefficient (Wildman–Crippen LogP) is 2.77. The maximum Gasteiger partial charge on any atom is 0.265 e. The van der Waals surface area contributed by atoms with E-state index in [4.69, 9.17) is 5.26 Å². The average Bonchev–Trinajstić information content (AvgIpc) is 2.02. The number of halogens is 4. The van der Waals surface area contributed by atoms with Crippen molar-refractivity contribution < 1.29 is 17.6 Å². The number of hydrogen-bond donors (Lipinski definition) is 0.